The zero-order valence-electron chi connectivity index (χ0n) is 23.0. The highest BCUT2D eigenvalue weighted by Crippen LogP contribution is 2.33. The number of allylic oxidation sites excluding steroid dienone is 1. The zero-order valence-corrected chi connectivity index (χ0v) is 24.6. The average molecular weight is 595 g/mol. The van der Waals surface area contributed by atoms with Crippen LogP contribution in [0.5, 0.6) is 0 Å². The molecule has 0 fully saturated rings. The Morgan fingerprint density at radius 3 is 2.50 bits per heavy atom. The largest absolute Gasteiger partial charge is 0.478 e. The van der Waals surface area contributed by atoms with Crippen molar-refractivity contribution in [3.05, 3.63) is 137 Å². The molecule has 0 saturated carbocycles. The third kappa shape index (κ3) is 4.84. The summed E-state index contributed by atoms with van der Waals surface area (Å²) in [6.45, 7) is 5.68. The maximum atomic E-state index is 14.0. The molecule has 1 atom stereocenters. The maximum Gasteiger partial charge on any atom is 0.335 e. The Hall–Kier alpha value is -4.80. The van der Waals surface area contributed by atoms with Gasteiger partial charge in [-0.05, 0) is 80.3 Å². The van der Waals surface area contributed by atoms with Gasteiger partial charge in [0, 0.05) is 27.6 Å². The molecule has 10 heteroatoms. The fourth-order valence-corrected chi connectivity index (χ4v) is 7.16. The first kappa shape index (κ1) is 27.4. The second kappa shape index (κ2) is 10.9. The Labute approximate surface area is 248 Å². The normalized spacial score (nSPS) is 14.9. The summed E-state index contributed by atoms with van der Waals surface area (Å²) < 4.78 is 4.08. The van der Waals surface area contributed by atoms with Crippen LogP contribution in [0.15, 0.2) is 99.2 Å². The van der Waals surface area contributed by atoms with Crippen molar-refractivity contribution in [3.8, 4) is 5.69 Å². The number of nitrogens with zero attached hydrogens (tertiary/aromatic N) is 3. The molecule has 0 aliphatic carbocycles. The van der Waals surface area contributed by atoms with E-state index in [0.29, 0.717) is 26.3 Å². The van der Waals surface area contributed by atoms with Gasteiger partial charge in [0.2, 0.25) is 0 Å². The molecule has 1 aliphatic heterocycles. The number of anilines is 1. The molecule has 1 aliphatic rings. The number of benzene rings is 2. The van der Waals surface area contributed by atoms with Crippen molar-refractivity contribution in [1.29, 1.82) is 0 Å². The number of carbonyl (C=O) groups excluding carboxylic acids is 1. The van der Waals surface area contributed by atoms with Gasteiger partial charge in [0.1, 0.15) is 6.04 Å². The SMILES string of the molecule is CC1=C(C(=O)Nc2ccccc2)[C@H](c2cccs2)n2c(s/c(=C\c3cc(C)n(-c4cccc(C(=O)O)c4)c3C)c2=O)=N1. The van der Waals surface area contributed by atoms with Gasteiger partial charge in [0.05, 0.1) is 21.4 Å². The minimum atomic E-state index is -0.993. The third-order valence-corrected chi connectivity index (χ3v) is 9.13. The van der Waals surface area contributed by atoms with Gasteiger partial charge in [-0.1, -0.05) is 41.7 Å². The second-order valence-electron chi connectivity index (χ2n) is 9.93. The standard InChI is InChI=1S/C32H26N4O4S2/c1-18-15-22(20(3)35(18)24-12-7-9-21(16-24)31(39)40)17-26-30(38)36-28(25-13-8-14-41-25)27(19(2)33-32(36)42-26)29(37)34-23-10-5-4-6-11-23/h4-17,28H,1-3H3,(H,34,37)(H,39,40)/b26-17-/t28-/m0/s1. The summed E-state index contributed by atoms with van der Waals surface area (Å²) in [4.78, 5) is 45.3. The maximum absolute atomic E-state index is 14.0. The highest BCUT2D eigenvalue weighted by molar-refractivity contribution is 7.10. The number of nitrogens with one attached hydrogen (secondary N) is 1. The minimum absolute atomic E-state index is 0.200. The molecule has 3 aromatic heterocycles. The van der Waals surface area contributed by atoms with Crippen LogP contribution in [0.3, 0.4) is 0 Å². The molecule has 0 spiro atoms. The predicted octanol–water partition coefficient (Wildman–Crippen LogP) is 5.04. The highest BCUT2D eigenvalue weighted by atomic mass is 32.1. The Morgan fingerprint density at radius 1 is 1.00 bits per heavy atom. The van der Waals surface area contributed by atoms with Gasteiger partial charge < -0.3 is 15.0 Å². The molecule has 42 heavy (non-hydrogen) atoms. The van der Waals surface area contributed by atoms with E-state index in [-0.39, 0.29) is 17.0 Å². The van der Waals surface area contributed by atoms with Crippen LogP contribution in [-0.2, 0) is 4.79 Å². The van der Waals surface area contributed by atoms with Crippen LogP contribution in [0.2, 0.25) is 0 Å². The fourth-order valence-electron chi connectivity index (χ4n) is 5.30. The molecule has 1 amide bonds. The van der Waals surface area contributed by atoms with Crippen molar-refractivity contribution in [3.63, 3.8) is 0 Å². The molecule has 5 aromatic rings. The third-order valence-electron chi connectivity index (χ3n) is 7.22. The molecule has 2 N–H and O–H groups in total. The predicted molar refractivity (Wildman–Crippen MR) is 165 cm³/mol. The number of carboxylic acid groups (broad SMARTS) is 1. The van der Waals surface area contributed by atoms with Gasteiger partial charge in [-0.3, -0.25) is 14.2 Å². The van der Waals surface area contributed by atoms with Crippen LogP contribution in [0, 0.1) is 13.8 Å². The molecule has 4 heterocycles. The average Bonchev–Trinajstić information content (AvgIpc) is 3.67. The summed E-state index contributed by atoms with van der Waals surface area (Å²) >= 11 is 2.77. The number of hydrogen-bond donors (Lipinski definition) is 2. The highest BCUT2D eigenvalue weighted by Gasteiger charge is 2.33. The van der Waals surface area contributed by atoms with E-state index in [0.717, 1.165) is 27.5 Å². The number of carbonyl (C=O) groups is 2. The van der Waals surface area contributed by atoms with E-state index in [2.05, 4.69) is 5.32 Å². The minimum Gasteiger partial charge on any atom is -0.478 e. The Balaban J connectivity index is 1.46. The molecule has 6 rings (SSSR count). The number of amides is 1. The summed E-state index contributed by atoms with van der Waals surface area (Å²) in [6, 6.07) is 21.2. The van der Waals surface area contributed by atoms with Gasteiger partial charge in [0.25, 0.3) is 11.5 Å². The summed E-state index contributed by atoms with van der Waals surface area (Å²) in [5, 5.41) is 14.3. The Kier molecular flexibility index (Phi) is 7.09. The van der Waals surface area contributed by atoms with Crippen molar-refractivity contribution in [2.45, 2.75) is 26.8 Å². The lowest BCUT2D eigenvalue weighted by atomic mass is 10.0. The molecule has 0 bridgehead atoms. The van der Waals surface area contributed by atoms with Gasteiger partial charge >= 0.3 is 5.97 Å². The van der Waals surface area contributed by atoms with Gasteiger partial charge in [-0.15, -0.1) is 11.3 Å². The summed E-state index contributed by atoms with van der Waals surface area (Å²) in [7, 11) is 0. The smallest absolute Gasteiger partial charge is 0.335 e. The lowest BCUT2D eigenvalue weighted by Crippen LogP contribution is -2.40. The number of aromatic carboxylic acids is 1. The molecule has 8 nitrogen and oxygen atoms in total. The first-order chi connectivity index (χ1) is 20.2. The molecule has 0 saturated heterocycles. The zero-order chi connectivity index (χ0) is 29.5. The number of fused-ring (bicyclic) bond motifs is 1. The van der Waals surface area contributed by atoms with Gasteiger partial charge in [-0.2, -0.15) is 0 Å². The monoisotopic (exact) mass is 594 g/mol. The van der Waals surface area contributed by atoms with Crippen LogP contribution < -0.4 is 20.2 Å². The number of thiazole rings is 1. The molecular formula is C32H26N4O4S2. The molecular weight excluding hydrogens is 569 g/mol. The van der Waals surface area contributed by atoms with Crippen molar-refractivity contribution < 1.29 is 14.7 Å². The number of hydrogen-bond acceptors (Lipinski definition) is 6. The number of aromatic nitrogens is 2. The number of para-hydroxylation sites is 1. The van der Waals surface area contributed by atoms with Crippen molar-refractivity contribution in [1.82, 2.24) is 9.13 Å². The number of rotatable bonds is 6. The van der Waals surface area contributed by atoms with E-state index < -0.39 is 12.0 Å². The van der Waals surface area contributed by atoms with Gasteiger partial charge in [0.15, 0.2) is 4.80 Å². The van der Waals surface area contributed by atoms with Gasteiger partial charge in [-0.25, -0.2) is 9.79 Å². The number of carboxylic acids is 1. The fraction of sp³-hybridized carbons (Fsp3) is 0.125. The Morgan fingerprint density at radius 2 is 1.79 bits per heavy atom. The van der Waals surface area contributed by atoms with E-state index in [1.165, 1.54) is 22.7 Å². The second-order valence-corrected chi connectivity index (χ2v) is 11.9. The quantitative estimate of drug-likeness (QED) is 0.287. The van der Waals surface area contributed by atoms with Crippen LogP contribution in [0.4, 0.5) is 5.69 Å². The van der Waals surface area contributed by atoms with E-state index >= 15 is 0 Å². The molecule has 210 valence electrons. The topological polar surface area (TPSA) is 106 Å². The molecule has 0 radical (unpaired) electrons. The number of aryl methyl sites for hydroxylation is 1. The van der Waals surface area contributed by atoms with Crippen molar-refractivity contribution in [2.75, 3.05) is 5.32 Å². The van der Waals surface area contributed by atoms with Crippen LogP contribution in [0.1, 0.15) is 45.2 Å². The van der Waals surface area contributed by atoms with E-state index in [1.807, 2.05) is 84.5 Å². The van der Waals surface area contributed by atoms with Crippen molar-refractivity contribution >= 4 is 46.3 Å². The Bertz CT molecular complexity index is 2070. The van der Waals surface area contributed by atoms with Crippen LogP contribution in [0.25, 0.3) is 11.8 Å². The van der Waals surface area contributed by atoms with E-state index in [1.54, 1.807) is 29.7 Å². The molecule has 2 aromatic carbocycles. The van der Waals surface area contributed by atoms with Crippen LogP contribution >= 0.6 is 22.7 Å². The summed E-state index contributed by atoms with van der Waals surface area (Å²) in [5.74, 6) is -1.30. The molecule has 0 unspecified atom stereocenters. The van der Waals surface area contributed by atoms with E-state index in [4.69, 9.17) is 4.99 Å². The van der Waals surface area contributed by atoms with Crippen LogP contribution in [-0.4, -0.2) is 26.1 Å². The first-order valence-electron chi connectivity index (χ1n) is 13.2. The summed E-state index contributed by atoms with van der Waals surface area (Å²) in [6.07, 6.45) is 1.85. The summed E-state index contributed by atoms with van der Waals surface area (Å²) in [5.41, 5.74) is 4.96. The van der Waals surface area contributed by atoms with Crippen molar-refractivity contribution in [2.24, 2.45) is 4.99 Å². The lowest BCUT2D eigenvalue weighted by Gasteiger charge is -2.24. The van der Waals surface area contributed by atoms with E-state index in [9.17, 15) is 19.5 Å². The number of thiophene rings is 1. The first-order valence-corrected chi connectivity index (χ1v) is 14.9. The lowest BCUT2D eigenvalue weighted by molar-refractivity contribution is -0.113.